The van der Waals surface area contributed by atoms with Crippen LogP contribution in [0.5, 0.6) is 0 Å². The number of hydrogen-bond donors (Lipinski definition) is 1. The Morgan fingerprint density at radius 1 is 1.41 bits per heavy atom. The highest BCUT2D eigenvalue weighted by Crippen LogP contribution is 2.32. The molecule has 2 heterocycles. The molecule has 0 spiro atoms. The fraction of sp³-hybridized carbons (Fsp3) is 0.909. The Labute approximate surface area is 105 Å². The van der Waals surface area contributed by atoms with E-state index in [0.717, 1.165) is 10.9 Å². The molecule has 0 aromatic carbocycles. The molecular formula is C11H19N4OS+. The monoisotopic (exact) mass is 255 g/mol. The van der Waals surface area contributed by atoms with Crippen molar-refractivity contribution >= 4 is 11.8 Å². The minimum Gasteiger partial charge on any atom is -0.386 e. The maximum atomic E-state index is 10.0. The first-order valence-corrected chi connectivity index (χ1v) is 7.35. The summed E-state index contributed by atoms with van der Waals surface area (Å²) in [4.78, 5) is 0. The summed E-state index contributed by atoms with van der Waals surface area (Å²) in [5, 5.41) is 19.6. The van der Waals surface area contributed by atoms with E-state index in [1.807, 2.05) is 11.6 Å². The van der Waals surface area contributed by atoms with E-state index in [0.29, 0.717) is 12.6 Å². The Kier molecular flexibility index (Phi) is 2.86. The summed E-state index contributed by atoms with van der Waals surface area (Å²) in [7, 11) is 0. The van der Waals surface area contributed by atoms with Crippen molar-refractivity contribution in [1.29, 1.82) is 0 Å². The van der Waals surface area contributed by atoms with Crippen LogP contribution in [0, 0.1) is 0 Å². The summed E-state index contributed by atoms with van der Waals surface area (Å²) >= 11 is 1.67. The highest BCUT2D eigenvalue weighted by Gasteiger charge is 2.38. The number of aliphatic hydroxyl groups is 1. The fourth-order valence-corrected chi connectivity index (χ4v) is 3.77. The van der Waals surface area contributed by atoms with Crippen molar-refractivity contribution in [3.63, 3.8) is 0 Å². The Hall–Kier alpha value is -0.620. The fourth-order valence-electron chi connectivity index (χ4n) is 2.67. The summed E-state index contributed by atoms with van der Waals surface area (Å²) in [5.74, 6) is 0.729. The molecule has 6 heteroatoms. The largest absolute Gasteiger partial charge is 0.386 e. The van der Waals surface area contributed by atoms with Gasteiger partial charge in [-0.15, -0.1) is 4.68 Å². The number of aromatic nitrogens is 4. The smallest absolute Gasteiger partial charge is 0.317 e. The van der Waals surface area contributed by atoms with Crippen molar-refractivity contribution in [3.05, 3.63) is 0 Å². The Morgan fingerprint density at radius 3 is 2.94 bits per heavy atom. The minimum atomic E-state index is -0.657. The molecule has 1 saturated carbocycles. The molecule has 0 bridgehead atoms. The van der Waals surface area contributed by atoms with E-state index in [2.05, 4.69) is 15.1 Å². The van der Waals surface area contributed by atoms with Crippen molar-refractivity contribution in [2.75, 3.05) is 5.75 Å². The van der Waals surface area contributed by atoms with Crippen molar-refractivity contribution in [1.82, 2.24) is 15.1 Å². The van der Waals surface area contributed by atoms with Crippen molar-refractivity contribution in [3.8, 4) is 0 Å². The number of nitrogens with zero attached hydrogens (tertiary/aromatic N) is 4. The van der Waals surface area contributed by atoms with Crippen LogP contribution in [0.15, 0.2) is 5.16 Å². The zero-order chi connectivity index (χ0) is 11.9. The highest BCUT2D eigenvalue weighted by atomic mass is 32.2. The van der Waals surface area contributed by atoms with Gasteiger partial charge in [0.2, 0.25) is 0 Å². The lowest BCUT2D eigenvalue weighted by Crippen LogP contribution is -2.53. The second kappa shape index (κ2) is 4.24. The van der Waals surface area contributed by atoms with Gasteiger partial charge in [-0.1, -0.05) is 11.1 Å². The standard InChI is InChI=1S/C11H19N4OS/c1-11(16)7-14-10(17-8-11)15(13-12-14)9-5-3-2-4-6-9/h9,16H,2-8H2,1H3/q+1. The van der Waals surface area contributed by atoms with Gasteiger partial charge in [0.05, 0.1) is 0 Å². The van der Waals surface area contributed by atoms with E-state index in [-0.39, 0.29) is 0 Å². The van der Waals surface area contributed by atoms with E-state index in [4.69, 9.17) is 0 Å². The lowest BCUT2D eigenvalue weighted by Gasteiger charge is -2.25. The number of tetrazole rings is 1. The molecule has 3 rings (SSSR count). The molecule has 94 valence electrons. The van der Waals surface area contributed by atoms with Crippen LogP contribution in [-0.4, -0.2) is 31.6 Å². The van der Waals surface area contributed by atoms with Gasteiger partial charge in [-0.3, -0.25) is 0 Å². The summed E-state index contributed by atoms with van der Waals surface area (Å²) in [6.45, 7) is 2.41. The van der Waals surface area contributed by atoms with Gasteiger partial charge < -0.3 is 5.11 Å². The molecule has 5 nitrogen and oxygen atoms in total. The molecular weight excluding hydrogens is 236 g/mol. The van der Waals surface area contributed by atoms with Gasteiger partial charge in [-0.05, 0) is 44.4 Å². The molecule has 1 aliphatic heterocycles. The third kappa shape index (κ3) is 2.20. The Morgan fingerprint density at radius 2 is 2.18 bits per heavy atom. The maximum absolute atomic E-state index is 10.0. The van der Waals surface area contributed by atoms with E-state index < -0.39 is 5.60 Å². The van der Waals surface area contributed by atoms with E-state index in [9.17, 15) is 5.11 Å². The third-order valence-corrected chi connectivity index (χ3v) is 5.01. The van der Waals surface area contributed by atoms with Gasteiger partial charge in [-0.25, -0.2) is 0 Å². The van der Waals surface area contributed by atoms with Gasteiger partial charge in [-0.2, -0.15) is 0 Å². The first-order valence-electron chi connectivity index (χ1n) is 6.36. The quantitative estimate of drug-likeness (QED) is 0.758. The normalized spacial score (nSPS) is 30.2. The van der Waals surface area contributed by atoms with Crippen LogP contribution in [0.4, 0.5) is 0 Å². The molecule has 0 amide bonds. The van der Waals surface area contributed by atoms with Crippen LogP contribution in [-0.2, 0) is 6.54 Å². The number of hydrogen-bond acceptors (Lipinski definition) is 4. The lowest BCUT2D eigenvalue weighted by atomic mass is 9.96. The predicted molar refractivity (Wildman–Crippen MR) is 63.7 cm³/mol. The first kappa shape index (κ1) is 11.5. The third-order valence-electron chi connectivity index (χ3n) is 3.58. The van der Waals surface area contributed by atoms with Crippen LogP contribution in [0.3, 0.4) is 0 Å². The van der Waals surface area contributed by atoms with Crippen molar-refractivity contribution in [2.24, 2.45) is 0 Å². The lowest BCUT2D eigenvalue weighted by molar-refractivity contribution is -0.799. The molecule has 1 atom stereocenters. The van der Waals surface area contributed by atoms with Gasteiger partial charge in [0.25, 0.3) is 0 Å². The van der Waals surface area contributed by atoms with E-state index in [1.165, 1.54) is 32.1 Å². The summed E-state index contributed by atoms with van der Waals surface area (Å²) in [6.07, 6.45) is 6.38. The number of rotatable bonds is 1. The molecule has 0 radical (unpaired) electrons. The zero-order valence-corrected chi connectivity index (χ0v) is 11.0. The summed E-state index contributed by atoms with van der Waals surface area (Å²) in [6, 6.07) is 0.517. The van der Waals surface area contributed by atoms with Gasteiger partial charge in [0.15, 0.2) is 5.21 Å². The highest BCUT2D eigenvalue weighted by molar-refractivity contribution is 7.99. The molecule has 2 aliphatic rings. The minimum absolute atomic E-state index is 0.517. The molecule has 1 N–H and O–H groups in total. The maximum Gasteiger partial charge on any atom is 0.317 e. The summed E-state index contributed by atoms with van der Waals surface area (Å²) in [5.41, 5.74) is -0.657. The van der Waals surface area contributed by atoms with Crippen LogP contribution >= 0.6 is 11.8 Å². The van der Waals surface area contributed by atoms with Crippen LogP contribution < -0.4 is 4.68 Å². The number of fused-ring (bicyclic) bond motifs is 1. The molecule has 17 heavy (non-hydrogen) atoms. The van der Waals surface area contributed by atoms with E-state index >= 15 is 0 Å². The molecule has 1 aliphatic carbocycles. The zero-order valence-electron chi connectivity index (χ0n) is 10.2. The SMILES string of the molecule is CC1(O)CSc2n(C3CCCCC3)nn[n+]2C1. The van der Waals surface area contributed by atoms with Crippen LogP contribution in [0.2, 0.25) is 0 Å². The van der Waals surface area contributed by atoms with Gasteiger partial charge in [0.1, 0.15) is 23.4 Å². The van der Waals surface area contributed by atoms with Gasteiger partial charge in [0, 0.05) is 5.75 Å². The van der Waals surface area contributed by atoms with Crippen LogP contribution in [0.1, 0.15) is 45.1 Å². The van der Waals surface area contributed by atoms with Crippen molar-refractivity contribution in [2.45, 2.75) is 62.4 Å². The average molecular weight is 255 g/mol. The van der Waals surface area contributed by atoms with E-state index in [1.54, 1.807) is 11.8 Å². The second-order valence-electron chi connectivity index (χ2n) is 5.44. The Bertz CT molecular complexity index is 412. The van der Waals surface area contributed by atoms with Crippen molar-refractivity contribution < 1.29 is 9.79 Å². The average Bonchev–Trinajstić information content (AvgIpc) is 2.71. The topological polar surface area (TPSA) is 54.8 Å². The first-order chi connectivity index (χ1) is 8.16. The Balaban J connectivity index is 1.85. The molecule has 1 fully saturated rings. The van der Waals surface area contributed by atoms with Gasteiger partial charge >= 0.3 is 5.16 Å². The molecule has 1 unspecified atom stereocenters. The molecule has 1 aromatic heterocycles. The number of thioether (sulfide) groups is 1. The summed E-state index contributed by atoms with van der Waals surface area (Å²) < 4.78 is 3.93. The second-order valence-corrected chi connectivity index (χ2v) is 6.38. The predicted octanol–water partition coefficient (Wildman–Crippen LogP) is 0.927. The molecule has 1 aromatic rings. The van der Waals surface area contributed by atoms with Crippen LogP contribution in [0.25, 0.3) is 0 Å². The molecule has 0 saturated heterocycles.